The zero-order valence-corrected chi connectivity index (χ0v) is 5.13. The summed E-state index contributed by atoms with van der Waals surface area (Å²) < 4.78 is 5.10. The molecule has 0 aliphatic carbocycles. The summed E-state index contributed by atoms with van der Waals surface area (Å²) in [5.74, 6) is 5.45. The summed E-state index contributed by atoms with van der Waals surface area (Å²) in [6, 6.07) is 0.454. The van der Waals surface area contributed by atoms with Gasteiger partial charge in [0.2, 0.25) is 0 Å². The van der Waals surface area contributed by atoms with Crippen LogP contribution >= 0.6 is 0 Å². The Balaban J connectivity index is 2.24. The molecule has 48 valence electrons. The van der Waals surface area contributed by atoms with Gasteiger partial charge in [-0.25, -0.2) is 5.01 Å². The highest BCUT2D eigenvalue weighted by Gasteiger charge is 2.16. The van der Waals surface area contributed by atoms with Gasteiger partial charge in [0.1, 0.15) is 0 Å². The maximum Gasteiger partial charge on any atom is 0.0636 e. The van der Waals surface area contributed by atoms with Crippen LogP contribution in [0.3, 0.4) is 0 Å². The highest BCUT2D eigenvalue weighted by atomic mass is 16.5. The molecule has 1 heterocycles. The van der Waals surface area contributed by atoms with Gasteiger partial charge in [-0.3, -0.25) is 5.84 Å². The molecule has 0 aromatic carbocycles. The van der Waals surface area contributed by atoms with E-state index in [1.54, 1.807) is 5.01 Å². The van der Waals surface area contributed by atoms with Crippen molar-refractivity contribution >= 4 is 0 Å². The Morgan fingerprint density at radius 3 is 2.75 bits per heavy atom. The number of hydrogen-bond acceptors (Lipinski definition) is 3. The SMILES string of the molecule is CN(N)[C@H]1CCOC1. The summed E-state index contributed by atoms with van der Waals surface area (Å²) in [5, 5.41) is 1.72. The number of nitrogens with zero attached hydrogens (tertiary/aromatic N) is 1. The molecule has 1 atom stereocenters. The molecular weight excluding hydrogens is 104 g/mol. The van der Waals surface area contributed by atoms with Crippen molar-refractivity contribution in [2.24, 2.45) is 5.84 Å². The van der Waals surface area contributed by atoms with Gasteiger partial charge < -0.3 is 4.74 Å². The summed E-state index contributed by atoms with van der Waals surface area (Å²) >= 11 is 0. The normalized spacial score (nSPS) is 29.6. The number of hydrazine groups is 1. The van der Waals surface area contributed by atoms with Crippen molar-refractivity contribution in [2.75, 3.05) is 20.3 Å². The van der Waals surface area contributed by atoms with Crippen molar-refractivity contribution in [3.8, 4) is 0 Å². The average Bonchev–Trinajstić information content (AvgIpc) is 2.12. The first-order chi connectivity index (χ1) is 3.80. The molecule has 1 rings (SSSR count). The molecule has 0 aromatic heterocycles. The van der Waals surface area contributed by atoms with E-state index in [1.807, 2.05) is 7.05 Å². The van der Waals surface area contributed by atoms with Gasteiger partial charge in [-0.2, -0.15) is 0 Å². The van der Waals surface area contributed by atoms with E-state index in [1.165, 1.54) is 0 Å². The van der Waals surface area contributed by atoms with Crippen LogP contribution in [0.25, 0.3) is 0 Å². The van der Waals surface area contributed by atoms with Crippen molar-refractivity contribution in [1.82, 2.24) is 5.01 Å². The third kappa shape index (κ3) is 1.18. The molecule has 0 spiro atoms. The van der Waals surface area contributed by atoms with Gasteiger partial charge in [0.05, 0.1) is 6.61 Å². The molecule has 1 saturated heterocycles. The Morgan fingerprint density at radius 2 is 2.50 bits per heavy atom. The van der Waals surface area contributed by atoms with E-state index in [-0.39, 0.29) is 0 Å². The predicted octanol–water partition coefficient (Wildman–Crippen LogP) is -0.419. The maximum absolute atomic E-state index is 5.45. The second kappa shape index (κ2) is 2.44. The maximum atomic E-state index is 5.45. The van der Waals surface area contributed by atoms with Crippen LogP contribution in [0, 0.1) is 0 Å². The quantitative estimate of drug-likeness (QED) is 0.373. The lowest BCUT2D eigenvalue weighted by Crippen LogP contribution is -2.37. The third-order valence-electron chi connectivity index (χ3n) is 1.48. The Kier molecular flexibility index (Phi) is 1.83. The standard InChI is InChI=1S/C5H12N2O/c1-7(6)5-2-3-8-4-5/h5H,2-4,6H2,1H3/t5-/m0/s1. The molecule has 3 heteroatoms. The first-order valence-electron chi connectivity index (χ1n) is 2.86. The van der Waals surface area contributed by atoms with Crippen LogP contribution in [0.1, 0.15) is 6.42 Å². The molecule has 0 amide bonds. The van der Waals surface area contributed by atoms with Crippen LogP contribution in [0.2, 0.25) is 0 Å². The van der Waals surface area contributed by atoms with E-state index >= 15 is 0 Å². The van der Waals surface area contributed by atoms with Crippen molar-refractivity contribution < 1.29 is 4.74 Å². The van der Waals surface area contributed by atoms with Gasteiger partial charge in [0.15, 0.2) is 0 Å². The van der Waals surface area contributed by atoms with Crippen LogP contribution in [0.5, 0.6) is 0 Å². The number of likely N-dealkylation sites (N-methyl/N-ethyl adjacent to an activating group) is 1. The molecule has 1 aliphatic rings. The number of nitrogens with two attached hydrogens (primary N) is 1. The van der Waals surface area contributed by atoms with Crippen LogP contribution < -0.4 is 5.84 Å². The van der Waals surface area contributed by atoms with Gasteiger partial charge >= 0.3 is 0 Å². The van der Waals surface area contributed by atoms with E-state index in [2.05, 4.69) is 0 Å². The lowest BCUT2D eigenvalue weighted by atomic mass is 10.3. The van der Waals surface area contributed by atoms with Crippen LogP contribution in [-0.2, 0) is 4.74 Å². The number of rotatable bonds is 1. The second-order valence-electron chi connectivity index (χ2n) is 2.18. The Labute approximate surface area is 49.4 Å². The van der Waals surface area contributed by atoms with Gasteiger partial charge in [-0.05, 0) is 6.42 Å². The van der Waals surface area contributed by atoms with Crippen molar-refractivity contribution in [3.63, 3.8) is 0 Å². The Hall–Kier alpha value is -0.120. The summed E-state index contributed by atoms with van der Waals surface area (Å²) in [6.07, 6.45) is 1.08. The Morgan fingerprint density at radius 1 is 1.75 bits per heavy atom. The highest BCUT2D eigenvalue weighted by molar-refractivity contribution is 4.68. The fourth-order valence-electron chi connectivity index (χ4n) is 0.843. The molecule has 8 heavy (non-hydrogen) atoms. The molecule has 3 nitrogen and oxygen atoms in total. The minimum atomic E-state index is 0.454. The second-order valence-corrected chi connectivity index (χ2v) is 2.18. The number of ether oxygens (including phenoxy) is 1. The molecule has 0 radical (unpaired) electrons. The van der Waals surface area contributed by atoms with Crippen LogP contribution in [-0.4, -0.2) is 31.3 Å². The van der Waals surface area contributed by atoms with Crippen LogP contribution in [0.4, 0.5) is 0 Å². The topological polar surface area (TPSA) is 38.5 Å². The van der Waals surface area contributed by atoms with Crippen molar-refractivity contribution in [3.05, 3.63) is 0 Å². The zero-order chi connectivity index (χ0) is 5.98. The van der Waals surface area contributed by atoms with E-state index < -0.39 is 0 Å². The molecule has 2 N–H and O–H groups in total. The molecule has 0 unspecified atom stereocenters. The lowest BCUT2D eigenvalue weighted by molar-refractivity contribution is 0.160. The van der Waals surface area contributed by atoms with Crippen molar-refractivity contribution in [1.29, 1.82) is 0 Å². The molecule has 0 saturated carbocycles. The summed E-state index contributed by atoms with van der Waals surface area (Å²) in [5.41, 5.74) is 0. The molecule has 0 bridgehead atoms. The average molecular weight is 116 g/mol. The van der Waals surface area contributed by atoms with E-state index in [9.17, 15) is 0 Å². The zero-order valence-electron chi connectivity index (χ0n) is 5.13. The molecule has 1 fully saturated rings. The van der Waals surface area contributed by atoms with E-state index in [0.29, 0.717) is 6.04 Å². The predicted molar refractivity (Wildman–Crippen MR) is 31.2 cm³/mol. The summed E-state index contributed by atoms with van der Waals surface area (Å²) in [4.78, 5) is 0. The monoisotopic (exact) mass is 116 g/mol. The highest BCUT2D eigenvalue weighted by Crippen LogP contribution is 2.06. The summed E-state index contributed by atoms with van der Waals surface area (Å²) in [7, 11) is 1.87. The third-order valence-corrected chi connectivity index (χ3v) is 1.48. The minimum Gasteiger partial charge on any atom is -0.380 e. The first-order valence-corrected chi connectivity index (χ1v) is 2.86. The number of hydrogen-bond donors (Lipinski definition) is 1. The van der Waals surface area contributed by atoms with Gasteiger partial charge in [-0.15, -0.1) is 0 Å². The molecule has 0 aromatic rings. The van der Waals surface area contributed by atoms with Gasteiger partial charge in [0, 0.05) is 19.7 Å². The molecule has 1 aliphatic heterocycles. The first kappa shape index (κ1) is 6.01. The smallest absolute Gasteiger partial charge is 0.0636 e. The van der Waals surface area contributed by atoms with Gasteiger partial charge in [0.25, 0.3) is 0 Å². The molecular formula is C5H12N2O. The van der Waals surface area contributed by atoms with Gasteiger partial charge in [-0.1, -0.05) is 0 Å². The van der Waals surface area contributed by atoms with Crippen LogP contribution in [0.15, 0.2) is 0 Å². The van der Waals surface area contributed by atoms with E-state index in [0.717, 1.165) is 19.6 Å². The Bertz CT molecular complexity index is 68.8. The minimum absolute atomic E-state index is 0.454. The fourth-order valence-corrected chi connectivity index (χ4v) is 0.843. The largest absolute Gasteiger partial charge is 0.380 e. The fraction of sp³-hybridized carbons (Fsp3) is 1.00. The van der Waals surface area contributed by atoms with E-state index in [4.69, 9.17) is 10.6 Å². The summed E-state index contributed by atoms with van der Waals surface area (Å²) in [6.45, 7) is 1.67. The lowest BCUT2D eigenvalue weighted by Gasteiger charge is -2.15. The van der Waals surface area contributed by atoms with Crippen molar-refractivity contribution in [2.45, 2.75) is 12.5 Å².